The Morgan fingerprint density at radius 3 is 2.50 bits per heavy atom. The standard InChI is InChI=1S/C20H23ClN4.C3H6.C2H6/c1-4-19(21)20-24-14(3)23-18-9-15(11-22-12-18)6-7-16-10-17(25-20)8-5-13(16)2;1-3-2;1-2/h4-5,8-12,14,23H,6-7H2,1-3H3,(H,24,25);3H,1H2,2H3;1-2H3/b19-4+;;. The first kappa shape index (κ1) is 25.4. The number of aryl methyl sites for hydroxylation is 3. The van der Waals surface area contributed by atoms with Crippen molar-refractivity contribution in [2.24, 2.45) is 4.99 Å². The Labute approximate surface area is 187 Å². The van der Waals surface area contributed by atoms with Gasteiger partial charge in [-0.05, 0) is 75.4 Å². The molecule has 4 nitrogen and oxygen atoms in total. The van der Waals surface area contributed by atoms with E-state index in [1.165, 1.54) is 16.7 Å². The molecule has 0 saturated heterocycles. The van der Waals surface area contributed by atoms with Gasteiger partial charge in [0.05, 0.1) is 16.9 Å². The van der Waals surface area contributed by atoms with Gasteiger partial charge >= 0.3 is 0 Å². The molecule has 1 unspecified atom stereocenters. The Morgan fingerprint density at radius 2 is 1.83 bits per heavy atom. The SMILES string of the molecule is C/C=C(Cl)\C1=N/C(C)Nc2cncc(c2)CCc2cc(ccc2C)N1.C=CC.CC. The van der Waals surface area contributed by atoms with Crippen LogP contribution in [0.3, 0.4) is 0 Å². The number of aromatic nitrogens is 1. The van der Waals surface area contributed by atoms with Gasteiger partial charge in [-0.3, -0.25) is 4.98 Å². The zero-order valence-electron chi connectivity index (χ0n) is 19.1. The Bertz CT molecular complexity index is 871. The summed E-state index contributed by atoms with van der Waals surface area (Å²) in [6.07, 6.45) is 9.12. The molecule has 0 radical (unpaired) electrons. The van der Waals surface area contributed by atoms with E-state index >= 15 is 0 Å². The van der Waals surface area contributed by atoms with Gasteiger partial charge in [-0.1, -0.05) is 43.7 Å². The second-order valence-corrected chi connectivity index (χ2v) is 7.10. The van der Waals surface area contributed by atoms with Gasteiger partial charge in [0.2, 0.25) is 0 Å². The van der Waals surface area contributed by atoms with E-state index in [2.05, 4.69) is 53.4 Å². The molecule has 1 atom stereocenters. The molecule has 0 amide bonds. The lowest BCUT2D eigenvalue weighted by Gasteiger charge is -2.15. The van der Waals surface area contributed by atoms with Gasteiger partial charge in [0.15, 0.2) is 0 Å². The first-order chi connectivity index (χ1) is 14.5. The van der Waals surface area contributed by atoms with Crippen molar-refractivity contribution in [2.45, 2.75) is 60.5 Å². The Morgan fingerprint density at radius 1 is 1.13 bits per heavy atom. The number of hydrogen-bond acceptors (Lipinski definition) is 4. The summed E-state index contributed by atoms with van der Waals surface area (Å²) in [5, 5.41) is 7.33. The molecule has 30 heavy (non-hydrogen) atoms. The summed E-state index contributed by atoms with van der Waals surface area (Å²) >= 11 is 6.37. The largest absolute Gasteiger partial charge is 0.363 e. The summed E-state index contributed by atoms with van der Waals surface area (Å²) in [7, 11) is 0. The number of aliphatic imine (C=N–C) groups is 1. The first-order valence-corrected chi connectivity index (χ1v) is 10.9. The Hall–Kier alpha value is -2.59. The highest BCUT2D eigenvalue weighted by molar-refractivity contribution is 6.44. The molecule has 2 N–H and O–H groups in total. The number of fused-ring (bicyclic) bond motifs is 4. The van der Waals surface area contributed by atoms with E-state index in [9.17, 15) is 0 Å². The van der Waals surface area contributed by atoms with Crippen molar-refractivity contribution in [3.63, 3.8) is 0 Å². The molecule has 0 saturated carbocycles. The molecule has 0 spiro atoms. The average molecular weight is 427 g/mol. The summed E-state index contributed by atoms with van der Waals surface area (Å²) < 4.78 is 0. The molecule has 1 aromatic carbocycles. The lowest BCUT2D eigenvalue weighted by Crippen LogP contribution is -2.20. The van der Waals surface area contributed by atoms with Crippen LogP contribution in [0.15, 0.2) is 65.4 Å². The lowest BCUT2D eigenvalue weighted by molar-refractivity contribution is 0.850. The molecule has 162 valence electrons. The number of benzene rings is 1. The van der Waals surface area contributed by atoms with Crippen molar-refractivity contribution < 1.29 is 0 Å². The number of anilines is 2. The first-order valence-electron chi connectivity index (χ1n) is 10.5. The van der Waals surface area contributed by atoms with Crippen LogP contribution in [-0.2, 0) is 12.8 Å². The second-order valence-electron chi connectivity index (χ2n) is 6.69. The molecule has 1 aromatic heterocycles. The number of nitrogens with one attached hydrogen (secondary N) is 2. The van der Waals surface area contributed by atoms with Crippen LogP contribution in [0.4, 0.5) is 11.4 Å². The van der Waals surface area contributed by atoms with E-state index < -0.39 is 0 Å². The van der Waals surface area contributed by atoms with Gasteiger partial charge < -0.3 is 10.6 Å². The fraction of sp³-hybridized carbons (Fsp3) is 0.360. The van der Waals surface area contributed by atoms with Gasteiger partial charge in [0, 0.05) is 11.9 Å². The molecular formula is C25H35ClN4. The predicted molar refractivity (Wildman–Crippen MR) is 134 cm³/mol. The minimum Gasteiger partial charge on any atom is -0.363 e. The normalized spacial score (nSPS) is 17.4. The third-order valence-electron chi connectivity index (χ3n) is 4.27. The number of amidine groups is 1. The maximum atomic E-state index is 6.37. The highest BCUT2D eigenvalue weighted by atomic mass is 35.5. The van der Waals surface area contributed by atoms with Crippen LogP contribution in [0, 0.1) is 6.92 Å². The molecule has 1 aliphatic heterocycles. The van der Waals surface area contributed by atoms with Gasteiger partial charge in [-0.15, -0.1) is 6.58 Å². The smallest absolute Gasteiger partial charge is 0.146 e. The molecule has 0 aliphatic carbocycles. The number of nitrogens with zero attached hydrogens (tertiary/aromatic N) is 2. The van der Waals surface area contributed by atoms with Crippen LogP contribution in [0.1, 0.15) is 51.3 Å². The fourth-order valence-corrected chi connectivity index (χ4v) is 2.99. The second kappa shape index (κ2) is 13.6. The van der Waals surface area contributed by atoms with Gasteiger partial charge in [0.25, 0.3) is 0 Å². The van der Waals surface area contributed by atoms with E-state index in [1.54, 1.807) is 6.08 Å². The van der Waals surface area contributed by atoms with E-state index in [4.69, 9.17) is 16.6 Å². The monoisotopic (exact) mass is 426 g/mol. The lowest BCUT2D eigenvalue weighted by atomic mass is 10.0. The fourth-order valence-electron chi connectivity index (χ4n) is 2.90. The van der Waals surface area contributed by atoms with Gasteiger partial charge in [-0.2, -0.15) is 0 Å². The van der Waals surface area contributed by atoms with Crippen molar-refractivity contribution in [3.8, 4) is 0 Å². The molecule has 1 aliphatic rings. The third kappa shape index (κ3) is 8.03. The predicted octanol–water partition coefficient (Wildman–Crippen LogP) is 7.12. The van der Waals surface area contributed by atoms with Crippen molar-refractivity contribution in [2.75, 3.05) is 10.6 Å². The van der Waals surface area contributed by atoms with E-state index in [1.807, 2.05) is 53.1 Å². The van der Waals surface area contributed by atoms with Crippen LogP contribution in [0.5, 0.6) is 0 Å². The van der Waals surface area contributed by atoms with E-state index in [-0.39, 0.29) is 6.17 Å². The minimum absolute atomic E-state index is 0.140. The van der Waals surface area contributed by atoms with Crippen molar-refractivity contribution in [3.05, 3.63) is 77.1 Å². The van der Waals surface area contributed by atoms with Crippen molar-refractivity contribution >= 4 is 28.8 Å². The Balaban J connectivity index is 0.000000826. The number of halogens is 1. The molecule has 4 bridgehead atoms. The maximum absolute atomic E-state index is 6.37. The van der Waals surface area contributed by atoms with Crippen LogP contribution < -0.4 is 10.6 Å². The number of rotatable bonds is 1. The summed E-state index contributed by atoms with van der Waals surface area (Å²) in [5.41, 5.74) is 5.77. The van der Waals surface area contributed by atoms with Crippen LogP contribution >= 0.6 is 11.6 Å². The topological polar surface area (TPSA) is 49.3 Å². The molecule has 3 rings (SSSR count). The van der Waals surface area contributed by atoms with Crippen LogP contribution in [0.25, 0.3) is 0 Å². The van der Waals surface area contributed by atoms with Crippen molar-refractivity contribution in [1.29, 1.82) is 0 Å². The quantitative estimate of drug-likeness (QED) is 0.477. The molecule has 5 heteroatoms. The number of hydrogen-bond donors (Lipinski definition) is 2. The number of allylic oxidation sites excluding steroid dienone is 2. The maximum Gasteiger partial charge on any atom is 0.146 e. The minimum atomic E-state index is -0.140. The zero-order chi connectivity index (χ0) is 22.5. The van der Waals surface area contributed by atoms with Crippen LogP contribution in [-0.4, -0.2) is 17.0 Å². The molecule has 0 fully saturated rings. The van der Waals surface area contributed by atoms with Gasteiger partial charge in [0.1, 0.15) is 12.0 Å². The zero-order valence-corrected chi connectivity index (χ0v) is 19.8. The average Bonchev–Trinajstić information content (AvgIpc) is 2.75. The highest BCUT2D eigenvalue weighted by Crippen LogP contribution is 2.21. The summed E-state index contributed by atoms with van der Waals surface area (Å²) in [6.45, 7) is 15.3. The molecule has 2 aromatic rings. The third-order valence-corrected chi connectivity index (χ3v) is 4.66. The number of pyridine rings is 1. The van der Waals surface area contributed by atoms with E-state index in [0.717, 1.165) is 24.2 Å². The van der Waals surface area contributed by atoms with Crippen LogP contribution in [0.2, 0.25) is 0 Å². The van der Waals surface area contributed by atoms with Crippen molar-refractivity contribution in [1.82, 2.24) is 4.98 Å². The molecule has 2 heterocycles. The molecular weight excluding hydrogens is 392 g/mol. The summed E-state index contributed by atoms with van der Waals surface area (Å²) in [5.74, 6) is 0.655. The summed E-state index contributed by atoms with van der Waals surface area (Å²) in [4.78, 5) is 9.06. The highest BCUT2D eigenvalue weighted by Gasteiger charge is 2.11. The summed E-state index contributed by atoms with van der Waals surface area (Å²) in [6, 6.07) is 8.51. The van der Waals surface area contributed by atoms with Gasteiger partial charge in [-0.25, -0.2) is 4.99 Å². The Kier molecular flexibility index (Phi) is 11.5. The van der Waals surface area contributed by atoms with E-state index in [0.29, 0.717) is 10.9 Å².